The molecule has 0 fully saturated rings. The van der Waals surface area contributed by atoms with Crippen LogP contribution in [0.5, 0.6) is 0 Å². The molecule has 0 aliphatic rings. The van der Waals surface area contributed by atoms with Gasteiger partial charge in [-0.1, -0.05) is 24.3 Å². The van der Waals surface area contributed by atoms with Gasteiger partial charge < -0.3 is 10.2 Å². The van der Waals surface area contributed by atoms with E-state index in [4.69, 9.17) is 0 Å². The highest BCUT2D eigenvalue weighted by molar-refractivity contribution is 5.94. The molecule has 27 heavy (non-hydrogen) atoms. The van der Waals surface area contributed by atoms with Crippen molar-refractivity contribution in [1.29, 1.82) is 0 Å². The molecular weight excluding hydrogens is 336 g/mol. The minimum absolute atomic E-state index is 0.0314. The van der Waals surface area contributed by atoms with Gasteiger partial charge in [-0.15, -0.1) is 0 Å². The number of hydrogen-bond acceptors (Lipinski definition) is 4. The Kier molecular flexibility index (Phi) is 6.15. The summed E-state index contributed by atoms with van der Waals surface area (Å²) in [6, 6.07) is 14.0. The zero-order valence-corrected chi connectivity index (χ0v) is 15.7. The number of hydrogen-bond donors (Lipinski definition) is 1. The standard InChI is InChI=1S/C22H24N4O/c1-17-5-3-4-6-19(17)15-25-21-13-20(14-24-16-21)22(27)26(2)12-9-18-7-10-23-11-8-18/h3-8,10-11,13-14,16,25H,9,12,15H2,1-2H3. The number of pyridine rings is 2. The van der Waals surface area contributed by atoms with E-state index in [9.17, 15) is 4.79 Å². The SMILES string of the molecule is Cc1ccccc1CNc1cncc(C(=O)N(C)CCc2ccncc2)c1. The van der Waals surface area contributed by atoms with E-state index >= 15 is 0 Å². The molecule has 1 aromatic carbocycles. The molecule has 138 valence electrons. The van der Waals surface area contributed by atoms with Gasteiger partial charge in [0.05, 0.1) is 11.3 Å². The molecule has 1 N–H and O–H groups in total. The average Bonchev–Trinajstić information content (AvgIpc) is 2.72. The molecule has 0 bridgehead atoms. The lowest BCUT2D eigenvalue weighted by Gasteiger charge is -2.17. The van der Waals surface area contributed by atoms with E-state index in [1.165, 1.54) is 11.1 Å². The van der Waals surface area contributed by atoms with Crippen molar-refractivity contribution in [3.8, 4) is 0 Å². The molecule has 0 atom stereocenters. The van der Waals surface area contributed by atoms with Gasteiger partial charge in [-0.05, 0) is 48.2 Å². The van der Waals surface area contributed by atoms with E-state index in [2.05, 4.69) is 34.3 Å². The maximum absolute atomic E-state index is 12.7. The Bertz CT molecular complexity index is 896. The lowest BCUT2D eigenvalue weighted by Crippen LogP contribution is -2.29. The van der Waals surface area contributed by atoms with Gasteiger partial charge >= 0.3 is 0 Å². The fourth-order valence-corrected chi connectivity index (χ4v) is 2.83. The minimum atomic E-state index is -0.0314. The quantitative estimate of drug-likeness (QED) is 0.698. The third-order valence-electron chi connectivity index (χ3n) is 4.56. The zero-order valence-electron chi connectivity index (χ0n) is 15.7. The summed E-state index contributed by atoms with van der Waals surface area (Å²) < 4.78 is 0. The molecule has 0 saturated carbocycles. The van der Waals surface area contributed by atoms with Crippen LogP contribution in [0.2, 0.25) is 0 Å². The third kappa shape index (κ3) is 5.14. The normalized spacial score (nSPS) is 10.4. The first-order valence-electron chi connectivity index (χ1n) is 9.01. The second-order valence-corrected chi connectivity index (χ2v) is 6.57. The van der Waals surface area contributed by atoms with Gasteiger partial charge in [0.1, 0.15) is 0 Å². The second kappa shape index (κ2) is 8.94. The smallest absolute Gasteiger partial charge is 0.255 e. The molecule has 3 rings (SSSR count). The predicted molar refractivity (Wildman–Crippen MR) is 108 cm³/mol. The van der Waals surface area contributed by atoms with Crippen LogP contribution in [-0.4, -0.2) is 34.4 Å². The topological polar surface area (TPSA) is 58.1 Å². The fourth-order valence-electron chi connectivity index (χ4n) is 2.83. The highest BCUT2D eigenvalue weighted by atomic mass is 16.2. The number of benzene rings is 1. The Labute approximate surface area is 160 Å². The monoisotopic (exact) mass is 360 g/mol. The molecular formula is C22H24N4O. The molecule has 2 aromatic heterocycles. The molecule has 0 aliphatic heterocycles. The molecule has 3 aromatic rings. The Morgan fingerprint density at radius 1 is 1.07 bits per heavy atom. The molecule has 0 aliphatic carbocycles. The summed E-state index contributed by atoms with van der Waals surface area (Å²) in [5.74, 6) is -0.0314. The molecule has 1 amide bonds. The first kappa shape index (κ1) is 18.6. The van der Waals surface area contributed by atoms with Crippen LogP contribution >= 0.6 is 0 Å². The highest BCUT2D eigenvalue weighted by Gasteiger charge is 2.12. The van der Waals surface area contributed by atoms with Gasteiger partial charge in [0.25, 0.3) is 5.91 Å². The Morgan fingerprint density at radius 2 is 1.85 bits per heavy atom. The van der Waals surface area contributed by atoms with E-state index in [1.807, 2.05) is 37.4 Å². The first-order chi connectivity index (χ1) is 13.1. The summed E-state index contributed by atoms with van der Waals surface area (Å²) >= 11 is 0. The van der Waals surface area contributed by atoms with Crippen LogP contribution in [0.25, 0.3) is 0 Å². The first-order valence-corrected chi connectivity index (χ1v) is 9.01. The fraction of sp³-hybridized carbons (Fsp3) is 0.227. The second-order valence-electron chi connectivity index (χ2n) is 6.57. The van der Waals surface area contributed by atoms with Crippen molar-refractivity contribution in [3.05, 3.63) is 89.5 Å². The summed E-state index contributed by atoms with van der Waals surface area (Å²) in [6.45, 7) is 3.43. The van der Waals surface area contributed by atoms with Gasteiger partial charge in [0.15, 0.2) is 0 Å². The van der Waals surface area contributed by atoms with Crippen LogP contribution in [0.15, 0.2) is 67.3 Å². The van der Waals surface area contributed by atoms with E-state index < -0.39 is 0 Å². The number of amides is 1. The molecule has 5 heteroatoms. The Morgan fingerprint density at radius 3 is 2.63 bits per heavy atom. The van der Waals surface area contributed by atoms with E-state index in [1.54, 1.807) is 29.7 Å². The highest BCUT2D eigenvalue weighted by Crippen LogP contribution is 2.14. The number of aryl methyl sites for hydroxylation is 1. The molecule has 2 heterocycles. The number of anilines is 1. The van der Waals surface area contributed by atoms with Crippen molar-refractivity contribution in [2.45, 2.75) is 19.9 Å². The van der Waals surface area contributed by atoms with Crippen molar-refractivity contribution in [2.24, 2.45) is 0 Å². The van der Waals surface area contributed by atoms with Crippen LogP contribution < -0.4 is 5.32 Å². The Balaban J connectivity index is 1.60. The minimum Gasteiger partial charge on any atom is -0.380 e. The number of rotatable bonds is 7. The number of nitrogens with zero attached hydrogens (tertiary/aromatic N) is 3. The van der Waals surface area contributed by atoms with Gasteiger partial charge in [0, 0.05) is 44.9 Å². The summed E-state index contributed by atoms with van der Waals surface area (Å²) in [7, 11) is 1.82. The predicted octanol–water partition coefficient (Wildman–Crippen LogP) is 3.71. The van der Waals surface area contributed by atoms with E-state index in [0.29, 0.717) is 18.7 Å². The summed E-state index contributed by atoms with van der Waals surface area (Å²) in [4.78, 5) is 22.7. The number of carbonyl (C=O) groups excluding carboxylic acids is 1. The van der Waals surface area contributed by atoms with E-state index in [0.717, 1.165) is 17.7 Å². The van der Waals surface area contributed by atoms with E-state index in [-0.39, 0.29) is 5.91 Å². The molecule has 0 radical (unpaired) electrons. The van der Waals surface area contributed by atoms with Gasteiger partial charge in [-0.3, -0.25) is 14.8 Å². The molecule has 0 spiro atoms. The van der Waals surface area contributed by atoms with Gasteiger partial charge in [-0.2, -0.15) is 0 Å². The number of nitrogens with one attached hydrogen (secondary N) is 1. The van der Waals surface area contributed by atoms with Crippen molar-refractivity contribution in [3.63, 3.8) is 0 Å². The maximum Gasteiger partial charge on any atom is 0.255 e. The average molecular weight is 360 g/mol. The van der Waals surface area contributed by atoms with Crippen LogP contribution in [0, 0.1) is 6.92 Å². The summed E-state index contributed by atoms with van der Waals surface area (Å²) in [5, 5.41) is 3.35. The van der Waals surface area contributed by atoms with Crippen LogP contribution in [0.4, 0.5) is 5.69 Å². The summed E-state index contributed by atoms with van der Waals surface area (Å²) in [6.07, 6.45) is 7.69. The van der Waals surface area contributed by atoms with Crippen molar-refractivity contribution < 1.29 is 4.79 Å². The summed E-state index contributed by atoms with van der Waals surface area (Å²) in [5.41, 5.74) is 5.05. The maximum atomic E-state index is 12.7. The lowest BCUT2D eigenvalue weighted by atomic mass is 10.1. The van der Waals surface area contributed by atoms with Crippen molar-refractivity contribution >= 4 is 11.6 Å². The van der Waals surface area contributed by atoms with Crippen LogP contribution in [0.3, 0.4) is 0 Å². The Hall–Kier alpha value is -3.21. The van der Waals surface area contributed by atoms with Crippen LogP contribution in [-0.2, 0) is 13.0 Å². The van der Waals surface area contributed by atoms with Gasteiger partial charge in [-0.25, -0.2) is 0 Å². The molecule has 0 saturated heterocycles. The molecule has 5 nitrogen and oxygen atoms in total. The molecule has 0 unspecified atom stereocenters. The number of aromatic nitrogens is 2. The number of likely N-dealkylation sites (N-methyl/N-ethyl adjacent to an activating group) is 1. The third-order valence-corrected chi connectivity index (χ3v) is 4.56. The van der Waals surface area contributed by atoms with Gasteiger partial charge in [0.2, 0.25) is 0 Å². The number of carbonyl (C=O) groups is 1. The van der Waals surface area contributed by atoms with Crippen molar-refractivity contribution in [2.75, 3.05) is 18.9 Å². The van der Waals surface area contributed by atoms with Crippen molar-refractivity contribution in [1.82, 2.24) is 14.9 Å². The van der Waals surface area contributed by atoms with Crippen LogP contribution in [0.1, 0.15) is 27.0 Å². The largest absolute Gasteiger partial charge is 0.380 e. The zero-order chi connectivity index (χ0) is 19.1. The lowest BCUT2D eigenvalue weighted by molar-refractivity contribution is 0.0796.